The summed E-state index contributed by atoms with van der Waals surface area (Å²) in [6.07, 6.45) is 0. The zero-order valence-corrected chi connectivity index (χ0v) is 11.1. The molecule has 0 unspecified atom stereocenters. The maximum absolute atomic E-state index is 12.5. The quantitative estimate of drug-likeness (QED) is 0.825. The van der Waals surface area contributed by atoms with Crippen LogP contribution in [0.1, 0.15) is 29.9 Å². The van der Waals surface area contributed by atoms with Gasteiger partial charge in [0.15, 0.2) is 5.76 Å². The zero-order valence-electron chi connectivity index (χ0n) is 11.1. The minimum absolute atomic E-state index is 0.182. The van der Waals surface area contributed by atoms with E-state index in [4.69, 9.17) is 4.74 Å². The van der Waals surface area contributed by atoms with Gasteiger partial charge in [-0.25, -0.2) is 0 Å². The Bertz CT molecular complexity index is 722. The molecule has 4 nitrogen and oxygen atoms in total. The van der Waals surface area contributed by atoms with Crippen molar-refractivity contribution in [3.63, 3.8) is 0 Å². The molecule has 98 valence electrons. The van der Waals surface area contributed by atoms with Crippen molar-refractivity contribution in [3.8, 4) is 0 Å². The number of carbonyl (C=O) groups excluding carboxylic acids is 1. The number of allylic oxidation sites excluding steroid dienone is 1. The highest BCUT2D eigenvalue weighted by atomic mass is 16.5. The Hall–Kier alpha value is -2.07. The zero-order chi connectivity index (χ0) is 13.8. The Labute approximate surface area is 110 Å². The molecule has 1 aliphatic rings. The molecular weight excluding hydrogens is 242 g/mol. The minimum Gasteiger partial charge on any atom is -0.493 e. The molecule has 3 rings (SSSR count). The summed E-state index contributed by atoms with van der Waals surface area (Å²) in [4.78, 5) is 15.7. The lowest BCUT2D eigenvalue weighted by Crippen LogP contribution is -2.33. The van der Waals surface area contributed by atoms with Crippen molar-refractivity contribution in [2.45, 2.75) is 19.4 Å². The molecule has 1 aliphatic carbocycles. The molecule has 2 N–H and O–H groups in total. The second kappa shape index (κ2) is 3.71. The number of rotatable bonds is 1. The first-order valence-corrected chi connectivity index (χ1v) is 6.12. The normalized spacial score (nSPS) is 22.8. The number of fused-ring (bicyclic) bond motifs is 3. The molecule has 1 aromatic heterocycles. The highest BCUT2D eigenvalue weighted by Gasteiger charge is 2.42. The van der Waals surface area contributed by atoms with Gasteiger partial charge in [-0.05, 0) is 19.9 Å². The number of para-hydroxylation sites is 1. The first kappa shape index (κ1) is 12.0. The summed E-state index contributed by atoms with van der Waals surface area (Å²) < 4.78 is 5.18. The number of carbonyl (C=O) groups is 1. The molecule has 19 heavy (non-hydrogen) atoms. The predicted molar refractivity (Wildman–Crippen MR) is 71.9 cm³/mol. The third-order valence-corrected chi connectivity index (χ3v) is 3.90. The third-order valence-electron chi connectivity index (χ3n) is 3.90. The third kappa shape index (κ3) is 1.40. The van der Waals surface area contributed by atoms with Crippen LogP contribution in [0.3, 0.4) is 0 Å². The van der Waals surface area contributed by atoms with E-state index in [0.29, 0.717) is 16.8 Å². The molecule has 0 fully saturated rings. The van der Waals surface area contributed by atoms with Gasteiger partial charge in [-0.15, -0.1) is 0 Å². The van der Waals surface area contributed by atoms with Crippen LogP contribution in [0.2, 0.25) is 0 Å². The van der Waals surface area contributed by atoms with Gasteiger partial charge in [0, 0.05) is 16.5 Å². The Morgan fingerprint density at radius 1 is 1.32 bits per heavy atom. The van der Waals surface area contributed by atoms with Crippen LogP contribution in [-0.4, -0.2) is 23.0 Å². The Morgan fingerprint density at radius 2 is 2.00 bits per heavy atom. The molecule has 0 aliphatic heterocycles. The fourth-order valence-electron chi connectivity index (χ4n) is 2.68. The van der Waals surface area contributed by atoms with Crippen LogP contribution >= 0.6 is 0 Å². The van der Waals surface area contributed by atoms with E-state index in [9.17, 15) is 9.90 Å². The van der Waals surface area contributed by atoms with Crippen LogP contribution in [0.4, 0.5) is 0 Å². The van der Waals surface area contributed by atoms with Crippen LogP contribution in [0, 0.1) is 0 Å². The number of nitrogens with one attached hydrogen (secondary N) is 1. The number of hydrogen-bond acceptors (Lipinski definition) is 3. The smallest absolute Gasteiger partial charge is 0.230 e. The van der Waals surface area contributed by atoms with E-state index in [-0.39, 0.29) is 11.5 Å². The van der Waals surface area contributed by atoms with Gasteiger partial charge in [-0.3, -0.25) is 4.79 Å². The number of aromatic amines is 1. The average molecular weight is 257 g/mol. The van der Waals surface area contributed by atoms with Crippen molar-refractivity contribution >= 4 is 16.7 Å². The molecule has 1 atom stereocenters. The lowest BCUT2D eigenvalue weighted by molar-refractivity contribution is 0.0696. The molecule has 1 aromatic carbocycles. The highest BCUT2D eigenvalue weighted by Crippen LogP contribution is 2.41. The summed E-state index contributed by atoms with van der Waals surface area (Å²) in [5.41, 5.74) is 1.18. The van der Waals surface area contributed by atoms with Gasteiger partial charge in [-0.1, -0.05) is 18.2 Å². The van der Waals surface area contributed by atoms with Crippen molar-refractivity contribution in [2.24, 2.45) is 0 Å². The van der Waals surface area contributed by atoms with Crippen LogP contribution < -0.4 is 0 Å². The molecule has 0 saturated carbocycles. The van der Waals surface area contributed by atoms with Gasteiger partial charge in [0.25, 0.3) is 0 Å². The van der Waals surface area contributed by atoms with Crippen molar-refractivity contribution in [1.29, 1.82) is 0 Å². The summed E-state index contributed by atoms with van der Waals surface area (Å²) in [7, 11) is 1.45. The van der Waals surface area contributed by atoms with E-state index in [1.807, 2.05) is 24.3 Å². The van der Waals surface area contributed by atoms with Crippen LogP contribution in [0.5, 0.6) is 0 Å². The maximum Gasteiger partial charge on any atom is 0.230 e. The number of Topliss-reactive ketones (excluding diaryl/α,β-unsaturated/α-hetero) is 1. The number of ether oxygens (including phenoxy) is 1. The SMILES string of the molecule is COC1=C(C)[C@](C)(O)c2[nH]c3ccccc3c2C1=O. The summed E-state index contributed by atoms with van der Waals surface area (Å²) in [5.74, 6) is 0.0428. The molecule has 1 heterocycles. The van der Waals surface area contributed by atoms with Crippen molar-refractivity contribution in [2.75, 3.05) is 7.11 Å². The fraction of sp³-hybridized carbons (Fsp3) is 0.267. The number of benzene rings is 1. The standard InChI is InChI=1S/C15H15NO3/c1-8-13(19-3)12(17)11-9-6-4-5-7-10(9)16-14(11)15(8,2)18/h4-7,16,18H,1-3H3/t15-/m0/s1. The summed E-state index contributed by atoms with van der Waals surface area (Å²) in [6, 6.07) is 7.52. The number of H-pyrrole nitrogens is 1. The topological polar surface area (TPSA) is 62.3 Å². The fourth-order valence-corrected chi connectivity index (χ4v) is 2.68. The summed E-state index contributed by atoms with van der Waals surface area (Å²) >= 11 is 0. The number of aliphatic hydroxyl groups is 1. The van der Waals surface area contributed by atoms with Gasteiger partial charge >= 0.3 is 0 Å². The number of methoxy groups -OCH3 is 1. The van der Waals surface area contributed by atoms with E-state index in [1.165, 1.54) is 7.11 Å². The average Bonchev–Trinajstić information content (AvgIpc) is 2.78. The second-order valence-corrected chi connectivity index (χ2v) is 4.98. The molecule has 4 heteroatoms. The molecule has 0 saturated heterocycles. The van der Waals surface area contributed by atoms with Crippen LogP contribution in [0.15, 0.2) is 35.6 Å². The van der Waals surface area contributed by atoms with Gasteiger partial charge < -0.3 is 14.8 Å². The minimum atomic E-state index is -1.23. The van der Waals surface area contributed by atoms with E-state index in [1.54, 1.807) is 13.8 Å². The highest BCUT2D eigenvalue weighted by molar-refractivity contribution is 6.18. The summed E-state index contributed by atoms with van der Waals surface area (Å²) in [5, 5.41) is 11.5. The van der Waals surface area contributed by atoms with Gasteiger partial charge in [-0.2, -0.15) is 0 Å². The largest absolute Gasteiger partial charge is 0.493 e. The van der Waals surface area contributed by atoms with Crippen molar-refractivity contribution in [3.05, 3.63) is 46.9 Å². The summed E-state index contributed by atoms with van der Waals surface area (Å²) in [6.45, 7) is 3.38. The monoisotopic (exact) mass is 257 g/mol. The van der Waals surface area contributed by atoms with Crippen LogP contribution in [-0.2, 0) is 10.3 Å². The lowest BCUT2D eigenvalue weighted by Gasteiger charge is -2.30. The van der Waals surface area contributed by atoms with E-state index in [0.717, 1.165) is 10.9 Å². The van der Waals surface area contributed by atoms with Gasteiger partial charge in [0.05, 0.1) is 18.4 Å². The van der Waals surface area contributed by atoms with E-state index in [2.05, 4.69) is 4.98 Å². The predicted octanol–water partition coefficient (Wildman–Crippen LogP) is 2.49. The van der Waals surface area contributed by atoms with E-state index >= 15 is 0 Å². The molecule has 2 aromatic rings. The Kier molecular flexibility index (Phi) is 2.34. The van der Waals surface area contributed by atoms with Crippen LogP contribution in [0.25, 0.3) is 10.9 Å². The van der Waals surface area contributed by atoms with Crippen molar-refractivity contribution in [1.82, 2.24) is 4.98 Å². The number of aromatic nitrogens is 1. The molecule has 0 amide bonds. The van der Waals surface area contributed by atoms with E-state index < -0.39 is 5.60 Å². The molecular formula is C15H15NO3. The number of hydrogen-bond donors (Lipinski definition) is 2. The molecule has 0 spiro atoms. The Morgan fingerprint density at radius 3 is 2.68 bits per heavy atom. The lowest BCUT2D eigenvalue weighted by atomic mass is 9.82. The maximum atomic E-state index is 12.5. The number of ketones is 1. The first-order valence-electron chi connectivity index (χ1n) is 6.12. The first-order chi connectivity index (χ1) is 8.98. The van der Waals surface area contributed by atoms with Gasteiger partial charge in [0.2, 0.25) is 5.78 Å². The van der Waals surface area contributed by atoms with Gasteiger partial charge in [0.1, 0.15) is 5.60 Å². The van der Waals surface area contributed by atoms with Crippen molar-refractivity contribution < 1.29 is 14.6 Å². The molecule has 0 radical (unpaired) electrons. The second-order valence-electron chi connectivity index (χ2n) is 4.98. The molecule has 0 bridgehead atoms. The Balaban J connectivity index is 2.41.